The van der Waals surface area contributed by atoms with Gasteiger partial charge in [-0.25, -0.2) is 9.78 Å². The Hall–Kier alpha value is -4.70. The van der Waals surface area contributed by atoms with Gasteiger partial charge < -0.3 is 30.5 Å². The molecule has 3 heterocycles. The highest BCUT2D eigenvalue weighted by molar-refractivity contribution is 6.06. The lowest BCUT2D eigenvalue weighted by Crippen LogP contribution is -2.43. The lowest BCUT2D eigenvalue weighted by molar-refractivity contribution is -0.119. The van der Waals surface area contributed by atoms with Crippen LogP contribution in [0.1, 0.15) is 29.5 Å². The van der Waals surface area contributed by atoms with Gasteiger partial charge in [0.25, 0.3) is 5.91 Å². The molecule has 3 aromatic rings. The average molecular weight is 583 g/mol. The number of methoxy groups -OCH3 is 1. The van der Waals surface area contributed by atoms with Crippen LogP contribution in [0.5, 0.6) is 5.88 Å². The van der Waals surface area contributed by atoms with Gasteiger partial charge in [0.05, 0.1) is 24.9 Å². The highest BCUT2D eigenvalue weighted by Crippen LogP contribution is 2.36. The van der Waals surface area contributed by atoms with Crippen LogP contribution in [0, 0.1) is 13.8 Å². The van der Waals surface area contributed by atoms with Crippen LogP contribution in [0.4, 0.5) is 10.5 Å². The van der Waals surface area contributed by atoms with E-state index in [0.717, 1.165) is 45.5 Å². The molecule has 43 heavy (non-hydrogen) atoms. The van der Waals surface area contributed by atoms with Gasteiger partial charge in [0.2, 0.25) is 11.8 Å². The van der Waals surface area contributed by atoms with Gasteiger partial charge in [-0.15, -0.1) is 0 Å². The summed E-state index contributed by atoms with van der Waals surface area (Å²) in [5.41, 5.74) is 8.00. The summed E-state index contributed by atoms with van der Waals surface area (Å²) in [6.07, 6.45) is 3.02. The summed E-state index contributed by atoms with van der Waals surface area (Å²) in [6, 6.07) is 16.0. The van der Waals surface area contributed by atoms with Gasteiger partial charge in [0.15, 0.2) is 0 Å². The summed E-state index contributed by atoms with van der Waals surface area (Å²) in [7, 11) is 4.94. The van der Waals surface area contributed by atoms with Crippen molar-refractivity contribution in [2.75, 3.05) is 39.6 Å². The molecule has 10 nitrogen and oxygen atoms in total. The van der Waals surface area contributed by atoms with Gasteiger partial charge in [0, 0.05) is 62.7 Å². The first-order valence-electron chi connectivity index (χ1n) is 14.4. The number of aromatic nitrogens is 1. The smallest absolute Gasteiger partial charge is 0.323 e. The van der Waals surface area contributed by atoms with Crippen molar-refractivity contribution >= 4 is 23.5 Å². The summed E-state index contributed by atoms with van der Waals surface area (Å²) >= 11 is 0. The first kappa shape index (κ1) is 29.8. The predicted molar refractivity (Wildman–Crippen MR) is 167 cm³/mol. The highest BCUT2D eigenvalue weighted by Gasteiger charge is 2.25. The number of urea groups is 1. The van der Waals surface area contributed by atoms with Crippen LogP contribution in [-0.4, -0.2) is 73.0 Å². The quantitative estimate of drug-likeness (QED) is 0.348. The second kappa shape index (κ2) is 12.7. The molecule has 5 rings (SSSR count). The van der Waals surface area contributed by atoms with Crippen LogP contribution >= 0.6 is 0 Å². The molecule has 0 spiro atoms. The minimum absolute atomic E-state index is 0.108. The topological polar surface area (TPSA) is 116 Å². The number of ether oxygens (including phenoxy) is 1. The number of nitrogens with zero attached hydrogens (tertiary/aromatic N) is 3. The number of carbonyl (C=O) groups is 3. The molecular weight excluding hydrogens is 544 g/mol. The number of benzene rings is 2. The van der Waals surface area contributed by atoms with Crippen LogP contribution in [-0.2, 0) is 16.1 Å². The lowest BCUT2D eigenvalue weighted by Gasteiger charge is -2.29. The van der Waals surface area contributed by atoms with E-state index in [0.29, 0.717) is 36.7 Å². The van der Waals surface area contributed by atoms with Gasteiger partial charge >= 0.3 is 6.03 Å². The fourth-order valence-electron chi connectivity index (χ4n) is 5.67. The van der Waals surface area contributed by atoms with Gasteiger partial charge in [-0.1, -0.05) is 36.4 Å². The third-order valence-electron chi connectivity index (χ3n) is 8.08. The lowest BCUT2D eigenvalue weighted by atomic mass is 9.91. The van der Waals surface area contributed by atoms with E-state index in [4.69, 9.17) is 9.72 Å². The fraction of sp³-hybridized carbons (Fsp3) is 0.333. The minimum atomic E-state index is -0.240. The maximum absolute atomic E-state index is 13.1. The molecule has 0 unspecified atom stereocenters. The van der Waals surface area contributed by atoms with Gasteiger partial charge in [-0.05, 0) is 54.7 Å². The summed E-state index contributed by atoms with van der Waals surface area (Å²) < 4.78 is 5.65. The van der Waals surface area contributed by atoms with Crippen molar-refractivity contribution in [3.63, 3.8) is 0 Å². The van der Waals surface area contributed by atoms with Crippen LogP contribution in [0.3, 0.4) is 0 Å². The molecule has 0 radical (unpaired) electrons. The van der Waals surface area contributed by atoms with Crippen molar-refractivity contribution in [3.05, 3.63) is 77.0 Å². The Bertz CT molecular complexity index is 1600. The van der Waals surface area contributed by atoms with Crippen molar-refractivity contribution in [1.29, 1.82) is 0 Å². The molecular formula is C33H38N6O4. The molecule has 3 N–H and O–H groups in total. The van der Waals surface area contributed by atoms with E-state index in [9.17, 15) is 14.4 Å². The number of likely N-dealkylation sites (N-methyl/N-ethyl adjacent to an activating group) is 1. The highest BCUT2D eigenvalue weighted by atomic mass is 16.5. The van der Waals surface area contributed by atoms with Crippen LogP contribution in [0.25, 0.3) is 22.4 Å². The molecule has 2 aliphatic heterocycles. The maximum atomic E-state index is 13.1. The second-order valence-electron chi connectivity index (χ2n) is 11.1. The number of pyridine rings is 1. The van der Waals surface area contributed by atoms with Crippen LogP contribution in [0.15, 0.2) is 60.3 Å². The molecule has 0 saturated carbocycles. The summed E-state index contributed by atoms with van der Waals surface area (Å²) in [4.78, 5) is 44.4. The normalized spacial score (nSPS) is 16.7. The monoisotopic (exact) mass is 582 g/mol. The van der Waals surface area contributed by atoms with E-state index in [1.54, 1.807) is 27.4 Å². The molecule has 10 heteroatoms. The Labute approximate surface area is 252 Å². The molecule has 1 atom stereocenters. The van der Waals surface area contributed by atoms with Gasteiger partial charge in [-0.2, -0.15) is 0 Å². The second-order valence-corrected chi connectivity index (χ2v) is 11.1. The number of rotatable bonds is 9. The van der Waals surface area contributed by atoms with E-state index in [1.165, 1.54) is 9.80 Å². The van der Waals surface area contributed by atoms with Crippen molar-refractivity contribution in [2.45, 2.75) is 39.3 Å². The van der Waals surface area contributed by atoms with Crippen molar-refractivity contribution < 1.29 is 19.1 Å². The third-order valence-corrected chi connectivity index (χ3v) is 8.08. The van der Waals surface area contributed by atoms with Gasteiger partial charge in [0.1, 0.15) is 0 Å². The number of hydrogen-bond acceptors (Lipinski definition) is 6. The van der Waals surface area contributed by atoms with Crippen LogP contribution < -0.4 is 20.7 Å². The number of hydrogen-bond donors (Lipinski definition) is 3. The SMILES string of the molecule is COc1nc(-c2cccc(-c3cccc(NC(=O)C4=CN(C)C(=O)N(C)C4)c3C)c2C)ccc1CNC[C@@H]1CCC(=O)N1. The fourth-order valence-corrected chi connectivity index (χ4v) is 5.67. The van der Waals surface area contributed by atoms with E-state index in [1.807, 2.05) is 49.4 Å². The third kappa shape index (κ3) is 6.39. The Morgan fingerprint density at radius 1 is 1.02 bits per heavy atom. The van der Waals surface area contributed by atoms with Gasteiger partial charge in [-0.3, -0.25) is 9.59 Å². The number of carbonyl (C=O) groups excluding carboxylic acids is 3. The summed E-state index contributed by atoms with van der Waals surface area (Å²) in [6.45, 7) is 5.60. The molecule has 2 aliphatic rings. The molecule has 4 amide bonds. The first-order chi connectivity index (χ1) is 20.7. The molecule has 1 saturated heterocycles. The Kier molecular flexibility index (Phi) is 8.77. The van der Waals surface area contributed by atoms with E-state index in [2.05, 4.69) is 28.9 Å². The van der Waals surface area contributed by atoms with E-state index >= 15 is 0 Å². The zero-order chi connectivity index (χ0) is 30.7. The largest absolute Gasteiger partial charge is 0.481 e. The summed E-state index contributed by atoms with van der Waals surface area (Å²) in [5, 5.41) is 9.42. The molecule has 1 fully saturated rings. The Morgan fingerprint density at radius 2 is 1.74 bits per heavy atom. The Morgan fingerprint density at radius 3 is 2.44 bits per heavy atom. The summed E-state index contributed by atoms with van der Waals surface area (Å²) in [5.74, 6) is 0.425. The number of anilines is 1. The zero-order valence-corrected chi connectivity index (χ0v) is 25.3. The van der Waals surface area contributed by atoms with Crippen molar-refractivity contribution in [1.82, 2.24) is 25.4 Å². The molecule has 224 valence electrons. The number of nitrogens with one attached hydrogen (secondary N) is 3. The zero-order valence-electron chi connectivity index (χ0n) is 25.3. The molecule has 0 bridgehead atoms. The first-order valence-corrected chi connectivity index (χ1v) is 14.4. The van der Waals surface area contributed by atoms with Crippen molar-refractivity contribution in [3.8, 4) is 28.3 Å². The molecule has 2 aromatic carbocycles. The molecule has 0 aliphatic carbocycles. The van der Waals surface area contributed by atoms with E-state index < -0.39 is 0 Å². The number of amides is 4. The average Bonchev–Trinajstić information content (AvgIpc) is 3.41. The predicted octanol–water partition coefficient (Wildman–Crippen LogP) is 4.23. The Balaban J connectivity index is 1.36. The van der Waals surface area contributed by atoms with Crippen LogP contribution in [0.2, 0.25) is 0 Å². The maximum Gasteiger partial charge on any atom is 0.323 e. The van der Waals surface area contributed by atoms with Crippen molar-refractivity contribution in [2.24, 2.45) is 0 Å². The molecule has 1 aromatic heterocycles. The van der Waals surface area contributed by atoms with E-state index in [-0.39, 0.29) is 30.4 Å². The standard InChI is InChI=1S/C33H38N6O4/c1-20-25(26-9-7-11-28(21(26)2)36-31(41)23-18-38(3)33(42)39(4)19-23)8-6-10-27(20)29-14-12-22(32(37-29)43-5)16-34-17-24-13-15-30(40)35-24/h6-12,14,18,24,34H,13,15-17,19H2,1-5H3,(H,35,40)(H,36,41)/t24-/m0/s1. The minimum Gasteiger partial charge on any atom is -0.481 e.